The largest absolute Gasteiger partial charge is 0.454 e. The van der Waals surface area contributed by atoms with Gasteiger partial charge in [-0.2, -0.15) is 5.10 Å². The van der Waals surface area contributed by atoms with Gasteiger partial charge in [-0.1, -0.05) is 32.0 Å². The highest BCUT2D eigenvalue weighted by Gasteiger charge is 2.46. The van der Waals surface area contributed by atoms with E-state index in [0.717, 1.165) is 11.4 Å². The van der Waals surface area contributed by atoms with E-state index in [-0.39, 0.29) is 5.78 Å². The summed E-state index contributed by atoms with van der Waals surface area (Å²) in [5.41, 5.74) is 2.58. The molecular weight excluding hydrogens is 292 g/mol. The van der Waals surface area contributed by atoms with E-state index < -0.39 is 17.5 Å². The fourth-order valence-corrected chi connectivity index (χ4v) is 3.23. The van der Waals surface area contributed by atoms with E-state index in [9.17, 15) is 9.59 Å². The van der Waals surface area contributed by atoms with Crippen LogP contribution in [0, 0.1) is 12.3 Å². The molecule has 0 N–H and O–H groups in total. The van der Waals surface area contributed by atoms with Crippen LogP contribution in [0.2, 0.25) is 0 Å². The van der Waals surface area contributed by atoms with Crippen molar-refractivity contribution in [2.24, 2.45) is 5.41 Å². The molecule has 3 rings (SSSR count). The monoisotopic (exact) mass is 312 g/mol. The van der Waals surface area contributed by atoms with E-state index in [1.54, 1.807) is 0 Å². The van der Waals surface area contributed by atoms with Gasteiger partial charge < -0.3 is 4.74 Å². The van der Waals surface area contributed by atoms with Gasteiger partial charge in [0.2, 0.25) is 5.78 Å². The molecule has 0 spiro atoms. The number of ether oxygens (including phenoxy) is 1. The van der Waals surface area contributed by atoms with Crippen molar-refractivity contribution in [1.29, 1.82) is 0 Å². The van der Waals surface area contributed by atoms with E-state index in [2.05, 4.69) is 5.10 Å². The number of carbonyl (C=O) groups excluding carboxylic acids is 2. The van der Waals surface area contributed by atoms with Gasteiger partial charge in [0.15, 0.2) is 6.10 Å². The van der Waals surface area contributed by atoms with Crippen molar-refractivity contribution in [3.05, 3.63) is 47.3 Å². The summed E-state index contributed by atoms with van der Waals surface area (Å²) in [6.07, 6.45) is -0.151. The van der Waals surface area contributed by atoms with Crippen molar-refractivity contribution < 1.29 is 14.3 Å². The molecule has 1 atom stereocenters. The molecule has 0 bridgehead atoms. The lowest BCUT2D eigenvalue weighted by Gasteiger charge is -2.36. The van der Waals surface area contributed by atoms with Gasteiger partial charge in [0, 0.05) is 12.3 Å². The summed E-state index contributed by atoms with van der Waals surface area (Å²) >= 11 is 0. The first-order valence-electron chi connectivity index (χ1n) is 7.66. The Bertz CT molecular complexity index is 775. The Kier molecular flexibility index (Phi) is 3.59. The van der Waals surface area contributed by atoms with Gasteiger partial charge in [0.05, 0.1) is 22.6 Å². The third kappa shape index (κ3) is 2.56. The first-order chi connectivity index (χ1) is 10.8. The lowest BCUT2D eigenvalue weighted by molar-refractivity contribution is -0.149. The molecular formula is C18H20N2O3. The number of Topliss-reactive ketones (excluding diaryl/α,β-unsaturated/α-hetero) is 1. The van der Waals surface area contributed by atoms with E-state index in [1.807, 2.05) is 55.8 Å². The number of hydrogen-bond donors (Lipinski definition) is 0. The maximum absolute atomic E-state index is 12.9. The third-order valence-electron chi connectivity index (χ3n) is 4.26. The zero-order chi connectivity index (χ0) is 16.8. The number of fused-ring (bicyclic) bond motifs is 1. The second kappa shape index (κ2) is 5.33. The second-order valence-electron chi connectivity index (χ2n) is 6.67. The van der Waals surface area contributed by atoms with Crippen LogP contribution in [0.25, 0.3) is 5.69 Å². The van der Waals surface area contributed by atoms with Crippen LogP contribution in [0.5, 0.6) is 0 Å². The van der Waals surface area contributed by atoms with Gasteiger partial charge in [-0.3, -0.25) is 9.59 Å². The zero-order valence-electron chi connectivity index (χ0n) is 13.8. The first kappa shape index (κ1) is 15.5. The van der Waals surface area contributed by atoms with Gasteiger partial charge >= 0.3 is 5.97 Å². The van der Waals surface area contributed by atoms with E-state index in [4.69, 9.17) is 4.74 Å². The number of benzene rings is 1. The SMILES string of the molecule is CC(=O)O[C@@H]1C(=O)c2c(C)nn(-c3ccccc3)c2CC1(C)C. The van der Waals surface area contributed by atoms with Crippen molar-refractivity contribution >= 4 is 11.8 Å². The Labute approximate surface area is 135 Å². The summed E-state index contributed by atoms with van der Waals surface area (Å²) in [5, 5.41) is 4.55. The van der Waals surface area contributed by atoms with Gasteiger partial charge in [-0.25, -0.2) is 4.68 Å². The Morgan fingerprint density at radius 1 is 1.30 bits per heavy atom. The van der Waals surface area contributed by atoms with Gasteiger partial charge in [-0.15, -0.1) is 0 Å². The van der Waals surface area contributed by atoms with Gasteiger partial charge in [0.25, 0.3) is 0 Å². The molecule has 1 aromatic carbocycles. The highest BCUT2D eigenvalue weighted by molar-refractivity contribution is 6.04. The maximum atomic E-state index is 12.9. The van der Waals surface area contributed by atoms with Crippen LogP contribution in [-0.4, -0.2) is 27.6 Å². The van der Waals surface area contributed by atoms with Crippen molar-refractivity contribution in [2.45, 2.75) is 40.2 Å². The molecule has 0 saturated heterocycles. The summed E-state index contributed by atoms with van der Waals surface area (Å²) in [6.45, 7) is 7.04. The predicted molar refractivity (Wildman–Crippen MR) is 85.7 cm³/mol. The van der Waals surface area contributed by atoms with E-state index in [1.165, 1.54) is 6.92 Å². The molecule has 120 valence electrons. The molecule has 1 aromatic heterocycles. The van der Waals surface area contributed by atoms with Crippen LogP contribution < -0.4 is 0 Å². The Morgan fingerprint density at radius 2 is 1.96 bits per heavy atom. The first-order valence-corrected chi connectivity index (χ1v) is 7.66. The summed E-state index contributed by atoms with van der Waals surface area (Å²) < 4.78 is 7.15. The summed E-state index contributed by atoms with van der Waals surface area (Å²) in [6, 6.07) is 9.75. The molecule has 5 nitrogen and oxygen atoms in total. The van der Waals surface area contributed by atoms with Crippen LogP contribution >= 0.6 is 0 Å². The van der Waals surface area contributed by atoms with Crippen molar-refractivity contribution in [1.82, 2.24) is 9.78 Å². The van der Waals surface area contributed by atoms with Gasteiger partial charge in [-0.05, 0) is 25.5 Å². The molecule has 2 aromatic rings. The van der Waals surface area contributed by atoms with Crippen LogP contribution in [0.4, 0.5) is 0 Å². The molecule has 23 heavy (non-hydrogen) atoms. The van der Waals surface area contributed by atoms with Crippen LogP contribution in [0.3, 0.4) is 0 Å². The average molecular weight is 312 g/mol. The number of esters is 1. The maximum Gasteiger partial charge on any atom is 0.303 e. The number of hydrogen-bond acceptors (Lipinski definition) is 4. The molecule has 1 aliphatic rings. The van der Waals surface area contributed by atoms with Crippen LogP contribution in [0.1, 0.15) is 42.5 Å². The fraction of sp³-hybridized carbons (Fsp3) is 0.389. The van der Waals surface area contributed by atoms with Crippen molar-refractivity contribution in [3.63, 3.8) is 0 Å². The minimum absolute atomic E-state index is 0.161. The highest BCUT2D eigenvalue weighted by atomic mass is 16.5. The number of ketones is 1. The smallest absolute Gasteiger partial charge is 0.303 e. The number of nitrogens with zero attached hydrogens (tertiary/aromatic N) is 2. The number of aromatic nitrogens is 2. The number of para-hydroxylation sites is 1. The lowest BCUT2D eigenvalue weighted by atomic mass is 9.73. The summed E-state index contributed by atoms with van der Waals surface area (Å²) in [7, 11) is 0. The Balaban J connectivity index is 2.14. The van der Waals surface area contributed by atoms with Crippen molar-refractivity contribution in [3.8, 4) is 5.69 Å². The number of aryl methyl sites for hydroxylation is 1. The third-order valence-corrected chi connectivity index (χ3v) is 4.26. The quantitative estimate of drug-likeness (QED) is 0.800. The van der Waals surface area contributed by atoms with Crippen molar-refractivity contribution in [2.75, 3.05) is 0 Å². The average Bonchev–Trinajstić information content (AvgIpc) is 2.80. The Morgan fingerprint density at radius 3 is 2.57 bits per heavy atom. The van der Waals surface area contributed by atoms with E-state index in [0.29, 0.717) is 17.7 Å². The minimum atomic E-state index is -0.764. The molecule has 0 aliphatic heterocycles. The normalized spacial score (nSPS) is 19.3. The molecule has 0 saturated carbocycles. The van der Waals surface area contributed by atoms with Crippen LogP contribution in [-0.2, 0) is 16.0 Å². The standard InChI is InChI=1S/C18H20N2O3/c1-11-15-14(20(19-11)13-8-6-5-7-9-13)10-18(3,4)17(16(15)22)23-12(2)21/h5-9,17H,10H2,1-4H3/t17-/m1/s1. The molecule has 1 aliphatic carbocycles. The summed E-state index contributed by atoms with van der Waals surface area (Å²) in [4.78, 5) is 24.3. The van der Waals surface area contributed by atoms with E-state index >= 15 is 0 Å². The molecule has 0 radical (unpaired) electrons. The Hall–Kier alpha value is -2.43. The predicted octanol–water partition coefficient (Wildman–Crippen LogP) is 2.88. The number of rotatable bonds is 2. The molecule has 0 fully saturated rings. The zero-order valence-corrected chi connectivity index (χ0v) is 13.8. The molecule has 0 unspecified atom stereocenters. The highest BCUT2D eigenvalue weighted by Crippen LogP contribution is 2.39. The number of carbonyl (C=O) groups is 2. The molecule has 1 heterocycles. The minimum Gasteiger partial charge on any atom is -0.454 e. The molecule has 0 amide bonds. The van der Waals surface area contributed by atoms with Gasteiger partial charge in [0.1, 0.15) is 0 Å². The second-order valence-corrected chi connectivity index (χ2v) is 6.67. The van der Waals surface area contributed by atoms with Crippen LogP contribution in [0.15, 0.2) is 30.3 Å². The topological polar surface area (TPSA) is 61.2 Å². The fourth-order valence-electron chi connectivity index (χ4n) is 3.23. The summed E-state index contributed by atoms with van der Waals surface area (Å²) in [5.74, 6) is -0.598. The molecule has 5 heteroatoms. The lowest BCUT2D eigenvalue weighted by Crippen LogP contribution is -2.45.